The van der Waals surface area contributed by atoms with Crippen molar-refractivity contribution in [3.63, 3.8) is 0 Å². The summed E-state index contributed by atoms with van der Waals surface area (Å²) in [7, 11) is 0. The number of hydrogen-bond acceptors (Lipinski definition) is 7. The van der Waals surface area contributed by atoms with Crippen LogP contribution in [0.3, 0.4) is 0 Å². The highest BCUT2D eigenvalue weighted by molar-refractivity contribution is 5.37. The van der Waals surface area contributed by atoms with Crippen molar-refractivity contribution in [1.82, 2.24) is 24.5 Å². The summed E-state index contributed by atoms with van der Waals surface area (Å²) in [5.41, 5.74) is 5.50. The summed E-state index contributed by atoms with van der Waals surface area (Å²) in [6.07, 6.45) is 5.31. The van der Waals surface area contributed by atoms with Crippen LogP contribution in [0, 0.1) is 5.41 Å². The van der Waals surface area contributed by atoms with Gasteiger partial charge in [0.15, 0.2) is 0 Å². The Kier molecular flexibility index (Phi) is 2.82. The van der Waals surface area contributed by atoms with Gasteiger partial charge in [-0.15, -0.1) is 0 Å². The van der Waals surface area contributed by atoms with Crippen LogP contribution in [0.5, 0.6) is 0 Å². The Labute approximate surface area is 116 Å². The molecule has 2 heterocycles. The second-order valence-corrected chi connectivity index (χ2v) is 5.56. The minimum Gasteiger partial charge on any atom is -0.392 e. The third-order valence-electron chi connectivity index (χ3n) is 3.90. The molecule has 0 radical (unpaired) electrons. The van der Waals surface area contributed by atoms with Crippen LogP contribution < -0.4 is 11.1 Å². The van der Waals surface area contributed by atoms with E-state index in [-0.39, 0.29) is 23.5 Å². The van der Waals surface area contributed by atoms with Crippen LogP contribution in [0.2, 0.25) is 0 Å². The van der Waals surface area contributed by atoms with Crippen molar-refractivity contribution in [2.75, 3.05) is 11.1 Å². The lowest BCUT2D eigenvalue weighted by molar-refractivity contribution is -0.0512. The molecule has 2 unspecified atom stereocenters. The first-order valence-corrected chi connectivity index (χ1v) is 6.41. The second-order valence-electron chi connectivity index (χ2n) is 5.56. The Morgan fingerprint density at radius 2 is 2.20 bits per heavy atom. The number of imidazole rings is 1. The summed E-state index contributed by atoms with van der Waals surface area (Å²) < 4.78 is 1.66. The van der Waals surface area contributed by atoms with E-state index in [1.807, 2.05) is 13.8 Å². The number of anilines is 2. The molecule has 4 N–H and O–H groups in total. The molecule has 0 bridgehead atoms. The summed E-state index contributed by atoms with van der Waals surface area (Å²) in [5.74, 6) is 0.963. The Morgan fingerprint density at radius 3 is 2.80 bits per heavy atom. The van der Waals surface area contributed by atoms with Gasteiger partial charge in [-0.05, 0) is 6.42 Å². The minimum atomic E-state index is -0.313. The maximum Gasteiger partial charge on any atom is 0.241 e. The van der Waals surface area contributed by atoms with E-state index in [9.17, 15) is 5.11 Å². The molecular weight excluding hydrogens is 258 g/mol. The smallest absolute Gasteiger partial charge is 0.241 e. The molecule has 106 valence electrons. The van der Waals surface area contributed by atoms with Crippen molar-refractivity contribution in [3.8, 4) is 5.95 Å². The van der Waals surface area contributed by atoms with Gasteiger partial charge in [-0.25, -0.2) is 4.98 Å². The van der Waals surface area contributed by atoms with Gasteiger partial charge in [0.05, 0.1) is 6.10 Å². The van der Waals surface area contributed by atoms with E-state index in [2.05, 4.69) is 25.3 Å². The van der Waals surface area contributed by atoms with Crippen LogP contribution in [0.1, 0.15) is 20.3 Å². The van der Waals surface area contributed by atoms with Gasteiger partial charge in [-0.2, -0.15) is 15.0 Å². The number of aliphatic hydroxyl groups is 1. The van der Waals surface area contributed by atoms with Gasteiger partial charge < -0.3 is 16.2 Å². The van der Waals surface area contributed by atoms with Crippen LogP contribution in [0.4, 0.5) is 11.9 Å². The predicted molar refractivity (Wildman–Crippen MR) is 73.2 cm³/mol. The van der Waals surface area contributed by atoms with Crippen molar-refractivity contribution in [3.05, 3.63) is 18.7 Å². The molecule has 8 heteroatoms. The van der Waals surface area contributed by atoms with E-state index in [1.54, 1.807) is 23.3 Å². The summed E-state index contributed by atoms with van der Waals surface area (Å²) >= 11 is 0. The Balaban J connectivity index is 1.84. The Hall–Kier alpha value is -2.22. The van der Waals surface area contributed by atoms with E-state index in [4.69, 9.17) is 5.73 Å². The van der Waals surface area contributed by atoms with Crippen LogP contribution in [-0.4, -0.2) is 41.8 Å². The van der Waals surface area contributed by atoms with E-state index >= 15 is 0 Å². The third kappa shape index (κ3) is 2.07. The SMILES string of the molecule is CC1(C)C(O)CC1Nc1nc(N)nc(-n2ccnc2)n1. The predicted octanol–water partition coefficient (Wildman–Crippen LogP) is 0.211. The normalized spacial score (nSPS) is 24.1. The van der Waals surface area contributed by atoms with E-state index in [0.717, 1.165) is 0 Å². The molecule has 2 aromatic heterocycles. The number of nitrogens with two attached hydrogens (primary N) is 1. The quantitative estimate of drug-likeness (QED) is 0.733. The maximum absolute atomic E-state index is 9.75. The lowest BCUT2D eigenvalue weighted by Gasteiger charge is -2.49. The lowest BCUT2D eigenvalue weighted by Crippen LogP contribution is -2.57. The molecule has 0 saturated heterocycles. The zero-order valence-corrected chi connectivity index (χ0v) is 11.4. The standard InChI is InChI=1S/C12H17N7O/c1-12(2)7(5-8(12)20)15-10-16-9(13)17-11(18-10)19-4-3-14-6-19/h3-4,6-8,20H,5H2,1-2H3,(H3,13,15,16,17,18). The second kappa shape index (κ2) is 4.41. The highest BCUT2D eigenvalue weighted by atomic mass is 16.3. The molecule has 2 atom stereocenters. The molecule has 8 nitrogen and oxygen atoms in total. The molecule has 1 saturated carbocycles. The summed E-state index contributed by atoms with van der Waals surface area (Å²) in [4.78, 5) is 16.4. The molecule has 20 heavy (non-hydrogen) atoms. The highest BCUT2D eigenvalue weighted by Crippen LogP contribution is 2.41. The minimum absolute atomic E-state index is 0.106. The molecule has 1 aliphatic rings. The molecular formula is C12H17N7O. The van der Waals surface area contributed by atoms with Crippen molar-refractivity contribution in [1.29, 1.82) is 0 Å². The van der Waals surface area contributed by atoms with Gasteiger partial charge in [0.25, 0.3) is 0 Å². The van der Waals surface area contributed by atoms with Crippen LogP contribution >= 0.6 is 0 Å². The summed E-state index contributed by atoms with van der Waals surface area (Å²) in [5, 5.41) is 13.0. The highest BCUT2D eigenvalue weighted by Gasteiger charge is 2.47. The molecule has 1 aliphatic carbocycles. The fourth-order valence-electron chi connectivity index (χ4n) is 2.24. The first-order chi connectivity index (χ1) is 9.46. The Morgan fingerprint density at radius 1 is 1.40 bits per heavy atom. The third-order valence-corrected chi connectivity index (χ3v) is 3.90. The Bertz CT molecular complexity index is 610. The average Bonchev–Trinajstić information content (AvgIpc) is 2.91. The van der Waals surface area contributed by atoms with Gasteiger partial charge in [0, 0.05) is 23.9 Å². The largest absolute Gasteiger partial charge is 0.392 e. The van der Waals surface area contributed by atoms with Gasteiger partial charge in [0.1, 0.15) is 6.33 Å². The van der Waals surface area contributed by atoms with Gasteiger partial charge in [-0.1, -0.05) is 13.8 Å². The topological polar surface area (TPSA) is 115 Å². The number of hydrogen-bond donors (Lipinski definition) is 3. The summed E-state index contributed by atoms with van der Waals surface area (Å²) in [6, 6.07) is 0.106. The first kappa shape index (κ1) is 12.8. The lowest BCUT2D eigenvalue weighted by atomic mass is 9.65. The fourth-order valence-corrected chi connectivity index (χ4v) is 2.24. The zero-order chi connectivity index (χ0) is 14.3. The summed E-state index contributed by atoms with van der Waals surface area (Å²) in [6.45, 7) is 4.00. The first-order valence-electron chi connectivity index (χ1n) is 6.41. The number of aromatic nitrogens is 5. The fraction of sp³-hybridized carbons (Fsp3) is 0.500. The van der Waals surface area contributed by atoms with E-state index in [1.165, 1.54) is 0 Å². The van der Waals surface area contributed by atoms with Crippen LogP contribution in [-0.2, 0) is 0 Å². The van der Waals surface area contributed by atoms with Gasteiger partial charge in [-0.3, -0.25) is 4.57 Å². The van der Waals surface area contributed by atoms with Gasteiger partial charge in [0.2, 0.25) is 17.8 Å². The molecule has 1 fully saturated rings. The number of nitrogens with one attached hydrogen (secondary N) is 1. The number of rotatable bonds is 3. The molecule has 0 aliphatic heterocycles. The molecule has 0 spiro atoms. The number of nitrogen functional groups attached to an aromatic ring is 1. The van der Waals surface area contributed by atoms with Crippen molar-refractivity contribution < 1.29 is 5.11 Å². The van der Waals surface area contributed by atoms with Crippen molar-refractivity contribution >= 4 is 11.9 Å². The van der Waals surface area contributed by atoms with E-state index in [0.29, 0.717) is 18.3 Å². The van der Waals surface area contributed by atoms with Crippen LogP contribution in [0.25, 0.3) is 5.95 Å². The number of aliphatic hydroxyl groups excluding tert-OH is 1. The maximum atomic E-state index is 9.75. The molecule has 0 aromatic carbocycles. The van der Waals surface area contributed by atoms with Gasteiger partial charge >= 0.3 is 0 Å². The van der Waals surface area contributed by atoms with Crippen molar-refractivity contribution in [2.45, 2.75) is 32.4 Å². The number of nitrogens with zero attached hydrogens (tertiary/aromatic N) is 5. The van der Waals surface area contributed by atoms with E-state index < -0.39 is 0 Å². The van der Waals surface area contributed by atoms with Crippen LogP contribution in [0.15, 0.2) is 18.7 Å². The average molecular weight is 275 g/mol. The monoisotopic (exact) mass is 275 g/mol. The molecule has 0 amide bonds. The molecule has 2 aromatic rings. The zero-order valence-electron chi connectivity index (χ0n) is 11.4. The molecule has 3 rings (SSSR count). The van der Waals surface area contributed by atoms with Crippen molar-refractivity contribution in [2.24, 2.45) is 5.41 Å².